The lowest BCUT2D eigenvalue weighted by molar-refractivity contribution is 0.417. The summed E-state index contributed by atoms with van der Waals surface area (Å²) < 4.78 is 7.01. The highest BCUT2D eigenvalue weighted by molar-refractivity contribution is 6.31. The van der Waals surface area contributed by atoms with Crippen molar-refractivity contribution in [1.29, 1.82) is 0 Å². The van der Waals surface area contributed by atoms with E-state index in [9.17, 15) is 0 Å². The van der Waals surface area contributed by atoms with Crippen LogP contribution in [0.1, 0.15) is 12.6 Å². The van der Waals surface area contributed by atoms with Gasteiger partial charge in [0, 0.05) is 12.1 Å². The molecule has 1 aromatic heterocycles. The lowest BCUT2D eigenvalue weighted by atomic mass is 10.2. The molecule has 0 aliphatic heterocycles. The summed E-state index contributed by atoms with van der Waals surface area (Å²) in [6.07, 6.45) is 0.786. The molecule has 0 aliphatic rings. The average molecular weight is 281 g/mol. The number of nitrogens with one attached hydrogen (secondary N) is 1. The Morgan fingerprint density at radius 1 is 1.47 bits per heavy atom. The predicted octanol–water partition coefficient (Wildman–Crippen LogP) is 2.97. The minimum absolute atomic E-state index is 0.625. The van der Waals surface area contributed by atoms with Crippen LogP contribution in [0.2, 0.25) is 5.02 Å². The van der Waals surface area contributed by atoms with Crippen LogP contribution in [0.4, 0.5) is 17.2 Å². The molecule has 0 radical (unpaired) electrons. The number of aromatic nitrogens is 2. The largest absolute Gasteiger partial charge is 0.495 e. The van der Waals surface area contributed by atoms with Crippen molar-refractivity contribution < 1.29 is 4.74 Å². The van der Waals surface area contributed by atoms with Gasteiger partial charge >= 0.3 is 0 Å². The van der Waals surface area contributed by atoms with Gasteiger partial charge in [-0.3, -0.25) is 4.68 Å². The summed E-state index contributed by atoms with van der Waals surface area (Å²) in [5.74, 6) is 1.43. The van der Waals surface area contributed by atoms with Crippen LogP contribution in [-0.4, -0.2) is 16.9 Å². The van der Waals surface area contributed by atoms with E-state index in [1.807, 2.05) is 14.0 Å². The molecule has 2 rings (SSSR count). The first-order chi connectivity index (χ1) is 9.06. The standard InChI is InChI=1S/C13H17ClN4O/c1-4-9-12(15)13(18(2)17-9)16-10-7-8(14)5-6-11(10)19-3/h5-7,16H,4,15H2,1-3H3. The van der Waals surface area contributed by atoms with E-state index in [0.717, 1.165) is 23.6 Å². The molecule has 0 amide bonds. The molecule has 3 N–H and O–H groups in total. The molecule has 0 fully saturated rings. The van der Waals surface area contributed by atoms with Crippen LogP contribution in [0.5, 0.6) is 5.75 Å². The average Bonchev–Trinajstić information content (AvgIpc) is 2.66. The highest BCUT2D eigenvalue weighted by Crippen LogP contribution is 2.33. The first-order valence-electron chi connectivity index (χ1n) is 5.98. The van der Waals surface area contributed by atoms with Crippen molar-refractivity contribution in [2.75, 3.05) is 18.2 Å². The van der Waals surface area contributed by atoms with Crippen molar-refractivity contribution in [1.82, 2.24) is 9.78 Å². The van der Waals surface area contributed by atoms with Crippen LogP contribution >= 0.6 is 11.6 Å². The molecule has 1 heterocycles. The Labute approximate surface area is 117 Å². The second-order valence-electron chi connectivity index (χ2n) is 4.16. The van der Waals surface area contributed by atoms with E-state index >= 15 is 0 Å². The van der Waals surface area contributed by atoms with Gasteiger partial charge in [0.2, 0.25) is 0 Å². The molecule has 0 saturated heterocycles. The summed E-state index contributed by atoms with van der Waals surface area (Å²) in [6.45, 7) is 2.02. The number of nitrogens with zero attached hydrogens (tertiary/aromatic N) is 2. The molecule has 0 spiro atoms. The van der Waals surface area contributed by atoms with Gasteiger partial charge in [-0.2, -0.15) is 5.10 Å². The van der Waals surface area contributed by atoms with Gasteiger partial charge in [-0.1, -0.05) is 18.5 Å². The van der Waals surface area contributed by atoms with E-state index < -0.39 is 0 Å². The van der Waals surface area contributed by atoms with Crippen molar-refractivity contribution in [3.05, 3.63) is 28.9 Å². The van der Waals surface area contributed by atoms with Crippen molar-refractivity contribution in [2.45, 2.75) is 13.3 Å². The molecule has 0 aliphatic carbocycles. The summed E-state index contributed by atoms with van der Waals surface area (Å²) in [7, 11) is 3.45. The second kappa shape index (κ2) is 5.40. The van der Waals surface area contributed by atoms with Gasteiger partial charge in [0.15, 0.2) is 5.82 Å². The number of hydrogen-bond acceptors (Lipinski definition) is 4. The summed E-state index contributed by atoms with van der Waals surface area (Å²) >= 11 is 6.00. The number of ether oxygens (including phenoxy) is 1. The molecular weight excluding hydrogens is 264 g/mol. The molecule has 19 heavy (non-hydrogen) atoms. The van der Waals surface area contributed by atoms with Crippen LogP contribution in [0.25, 0.3) is 0 Å². The SMILES string of the molecule is CCc1nn(C)c(Nc2cc(Cl)ccc2OC)c1N. The highest BCUT2D eigenvalue weighted by Gasteiger charge is 2.14. The summed E-state index contributed by atoms with van der Waals surface area (Å²) in [6, 6.07) is 5.37. The quantitative estimate of drug-likeness (QED) is 0.904. The minimum Gasteiger partial charge on any atom is -0.495 e. The Balaban J connectivity index is 2.41. The molecule has 0 unspecified atom stereocenters. The number of halogens is 1. The van der Waals surface area contributed by atoms with E-state index in [4.69, 9.17) is 22.1 Å². The van der Waals surface area contributed by atoms with Gasteiger partial charge in [0.1, 0.15) is 5.75 Å². The zero-order valence-electron chi connectivity index (χ0n) is 11.2. The van der Waals surface area contributed by atoms with E-state index in [0.29, 0.717) is 16.5 Å². The summed E-state index contributed by atoms with van der Waals surface area (Å²) in [4.78, 5) is 0. The van der Waals surface area contributed by atoms with E-state index in [1.165, 1.54) is 0 Å². The first kappa shape index (κ1) is 13.5. The molecule has 2 aromatic rings. The van der Waals surface area contributed by atoms with E-state index in [1.54, 1.807) is 30.0 Å². The molecule has 1 aromatic carbocycles. The lowest BCUT2D eigenvalue weighted by Crippen LogP contribution is -2.02. The molecule has 0 bridgehead atoms. The van der Waals surface area contributed by atoms with Gasteiger partial charge in [0.25, 0.3) is 0 Å². The molecule has 102 valence electrons. The second-order valence-corrected chi connectivity index (χ2v) is 4.59. The molecule has 0 saturated carbocycles. The Morgan fingerprint density at radius 2 is 2.21 bits per heavy atom. The Kier molecular flexibility index (Phi) is 3.85. The van der Waals surface area contributed by atoms with Crippen molar-refractivity contribution in [2.24, 2.45) is 7.05 Å². The number of nitrogen functional groups attached to an aromatic ring is 1. The topological polar surface area (TPSA) is 65.1 Å². The maximum absolute atomic E-state index is 6.07. The van der Waals surface area contributed by atoms with E-state index in [-0.39, 0.29) is 0 Å². The number of nitrogens with two attached hydrogens (primary N) is 1. The molecule has 5 nitrogen and oxygen atoms in total. The number of rotatable bonds is 4. The third-order valence-electron chi connectivity index (χ3n) is 2.91. The summed E-state index contributed by atoms with van der Waals surface area (Å²) in [5, 5.41) is 8.20. The van der Waals surface area contributed by atoms with Crippen LogP contribution in [0, 0.1) is 0 Å². The monoisotopic (exact) mass is 280 g/mol. The third-order valence-corrected chi connectivity index (χ3v) is 3.14. The number of methoxy groups -OCH3 is 1. The molecular formula is C13H17ClN4O. The van der Waals surface area contributed by atoms with Crippen LogP contribution in [-0.2, 0) is 13.5 Å². The highest BCUT2D eigenvalue weighted by atomic mass is 35.5. The number of anilines is 3. The fourth-order valence-electron chi connectivity index (χ4n) is 1.91. The van der Waals surface area contributed by atoms with Crippen LogP contribution in [0.15, 0.2) is 18.2 Å². The Morgan fingerprint density at radius 3 is 2.79 bits per heavy atom. The zero-order chi connectivity index (χ0) is 14.0. The smallest absolute Gasteiger partial charge is 0.152 e. The van der Waals surface area contributed by atoms with Crippen molar-refractivity contribution in [3.8, 4) is 5.75 Å². The third kappa shape index (κ3) is 2.61. The Hall–Kier alpha value is -1.88. The van der Waals surface area contributed by atoms with Crippen molar-refractivity contribution >= 4 is 28.8 Å². The number of benzene rings is 1. The first-order valence-corrected chi connectivity index (χ1v) is 6.36. The maximum Gasteiger partial charge on any atom is 0.152 e. The fraction of sp³-hybridized carbons (Fsp3) is 0.308. The van der Waals surface area contributed by atoms with Gasteiger partial charge in [-0.15, -0.1) is 0 Å². The maximum atomic E-state index is 6.07. The molecule has 0 atom stereocenters. The number of hydrogen-bond donors (Lipinski definition) is 2. The van der Waals surface area contributed by atoms with Crippen LogP contribution < -0.4 is 15.8 Å². The van der Waals surface area contributed by atoms with Gasteiger partial charge in [-0.05, 0) is 24.6 Å². The van der Waals surface area contributed by atoms with Gasteiger partial charge in [-0.25, -0.2) is 0 Å². The predicted molar refractivity (Wildman–Crippen MR) is 78.3 cm³/mol. The normalized spacial score (nSPS) is 10.5. The zero-order valence-corrected chi connectivity index (χ0v) is 12.0. The summed E-state index contributed by atoms with van der Waals surface area (Å²) in [5.41, 5.74) is 8.34. The Bertz CT molecular complexity index is 595. The van der Waals surface area contributed by atoms with Gasteiger partial charge in [0.05, 0.1) is 24.2 Å². The van der Waals surface area contributed by atoms with E-state index in [2.05, 4.69) is 10.4 Å². The fourth-order valence-corrected chi connectivity index (χ4v) is 2.08. The van der Waals surface area contributed by atoms with Crippen molar-refractivity contribution in [3.63, 3.8) is 0 Å². The number of aryl methyl sites for hydroxylation is 2. The van der Waals surface area contributed by atoms with Crippen LogP contribution in [0.3, 0.4) is 0 Å². The molecule has 6 heteroatoms. The lowest BCUT2D eigenvalue weighted by Gasteiger charge is -2.12. The van der Waals surface area contributed by atoms with Gasteiger partial charge < -0.3 is 15.8 Å². The minimum atomic E-state index is 0.625.